The highest BCUT2D eigenvalue weighted by atomic mass is 16.5. The van der Waals surface area contributed by atoms with Gasteiger partial charge in [0.25, 0.3) is 11.7 Å². The van der Waals surface area contributed by atoms with Crippen LogP contribution in [0.25, 0.3) is 5.76 Å². The van der Waals surface area contributed by atoms with E-state index in [0.29, 0.717) is 42.3 Å². The summed E-state index contributed by atoms with van der Waals surface area (Å²) in [6, 6.07) is 13.4. The summed E-state index contributed by atoms with van der Waals surface area (Å²) in [5.74, 6) is -0.229. The largest absolute Gasteiger partial charge is 0.507 e. The zero-order valence-corrected chi connectivity index (χ0v) is 19.0. The van der Waals surface area contributed by atoms with Gasteiger partial charge in [0.1, 0.15) is 17.3 Å². The third kappa shape index (κ3) is 4.94. The third-order valence-corrected chi connectivity index (χ3v) is 5.34. The number of hydrogen-bond donors (Lipinski definition) is 1. The highest BCUT2D eigenvalue weighted by molar-refractivity contribution is 6.46. The van der Waals surface area contributed by atoms with Crippen molar-refractivity contribution < 1.29 is 24.2 Å². The zero-order valence-electron chi connectivity index (χ0n) is 19.0. The molecule has 0 aliphatic carbocycles. The van der Waals surface area contributed by atoms with Crippen LogP contribution < -0.4 is 9.47 Å². The van der Waals surface area contributed by atoms with Gasteiger partial charge < -0.3 is 24.4 Å². The van der Waals surface area contributed by atoms with E-state index in [1.807, 2.05) is 32.0 Å². The number of rotatable bonds is 9. The molecule has 1 amide bonds. The average Bonchev–Trinajstić information content (AvgIpc) is 3.06. The molecule has 0 saturated carbocycles. The number of benzene rings is 2. The summed E-state index contributed by atoms with van der Waals surface area (Å²) in [7, 11) is 5.36. The quantitative estimate of drug-likeness (QED) is 0.367. The van der Waals surface area contributed by atoms with Crippen molar-refractivity contribution in [1.82, 2.24) is 9.80 Å². The lowest BCUT2D eigenvalue weighted by Gasteiger charge is -2.26. The summed E-state index contributed by atoms with van der Waals surface area (Å²) in [5.41, 5.74) is 1.23. The topological polar surface area (TPSA) is 79.3 Å². The standard InChI is InChI=1S/C25H30N2O5/c1-5-15-32-19-11-9-17(10-12-19)23(28)21-22(18-7-6-8-20(16-18)31-4)27(14-13-26(2)3)25(30)24(21)29/h6-12,16,22,28H,5,13-15H2,1-4H3/b23-21-. The highest BCUT2D eigenvalue weighted by Gasteiger charge is 2.46. The van der Waals surface area contributed by atoms with E-state index in [1.54, 1.807) is 49.6 Å². The minimum absolute atomic E-state index is 0.0734. The maximum Gasteiger partial charge on any atom is 0.295 e. The van der Waals surface area contributed by atoms with Crippen molar-refractivity contribution in [1.29, 1.82) is 0 Å². The molecule has 3 rings (SSSR count). The molecular weight excluding hydrogens is 408 g/mol. The SMILES string of the molecule is CCCOc1ccc(/C(O)=C2/C(=O)C(=O)N(CCN(C)C)C2c2cccc(OC)c2)cc1. The number of carbonyl (C=O) groups excluding carboxylic acids is 2. The molecule has 0 radical (unpaired) electrons. The van der Waals surface area contributed by atoms with Gasteiger partial charge in [0, 0.05) is 18.7 Å². The fraction of sp³-hybridized carbons (Fsp3) is 0.360. The predicted octanol–water partition coefficient (Wildman–Crippen LogP) is 3.47. The first-order valence-corrected chi connectivity index (χ1v) is 10.7. The minimum atomic E-state index is -0.707. The van der Waals surface area contributed by atoms with Crippen molar-refractivity contribution in [3.05, 3.63) is 65.2 Å². The van der Waals surface area contributed by atoms with Gasteiger partial charge in [-0.15, -0.1) is 0 Å². The summed E-state index contributed by atoms with van der Waals surface area (Å²) in [5, 5.41) is 11.1. The van der Waals surface area contributed by atoms with Crippen LogP contribution in [0.5, 0.6) is 11.5 Å². The van der Waals surface area contributed by atoms with Crippen LogP contribution >= 0.6 is 0 Å². The van der Waals surface area contributed by atoms with Crippen LogP contribution in [-0.4, -0.2) is 67.5 Å². The van der Waals surface area contributed by atoms with Crippen LogP contribution in [0.15, 0.2) is 54.1 Å². The molecule has 1 fully saturated rings. The van der Waals surface area contributed by atoms with E-state index in [1.165, 1.54) is 4.90 Å². The van der Waals surface area contributed by atoms with Gasteiger partial charge in [-0.1, -0.05) is 19.1 Å². The van der Waals surface area contributed by atoms with E-state index in [2.05, 4.69) is 0 Å². The Morgan fingerprint density at radius 1 is 1.09 bits per heavy atom. The lowest BCUT2D eigenvalue weighted by atomic mass is 9.95. The molecule has 7 heteroatoms. The first-order chi connectivity index (χ1) is 15.4. The number of nitrogens with zero attached hydrogens (tertiary/aromatic N) is 2. The average molecular weight is 439 g/mol. The van der Waals surface area contributed by atoms with E-state index in [9.17, 15) is 14.7 Å². The Morgan fingerprint density at radius 2 is 1.81 bits per heavy atom. The summed E-state index contributed by atoms with van der Waals surface area (Å²) in [6.45, 7) is 3.54. The first-order valence-electron chi connectivity index (χ1n) is 10.7. The Bertz CT molecular complexity index is 998. The molecular formula is C25H30N2O5. The van der Waals surface area contributed by atoms with Gasteiger partial charge in [-0.3, -0.25) is 9.59 Å². The molecule has 1 N–H and O–H groups in total. The number of likely N-dealkylation sites (N-methyl/N-ethyl adjacent to an activating group) is 1. The molecule has 7 nitrogen and oxygen atoms in total. The normalized spacial score (nSPS) is 17.8. The van der Waals surface area contributed by atoms with Gasteiger partial charge in [0.2, 0.25) is 0 Å². The minimum Gasteiger partial charge on any atom is -0.507 e. The van der Waals surface area contributed by atoms with Gasteiger partial charge in [0.15, 0.2) is 0 Å². The second kappa shape index (κ2) is 10.3. The van der Waals surface area contributed by atoms with Crippen molar-refractivity contribution in [2.45, 2.75) is 19.4 Å². The number of ether oxygens (including phenoxy) is 2. The zero-order chi connectivity index (χ0) is 23.3. The second-order valence-electron chi connectivity index (χ2n) is 7.95. The van der Waals surface area contributed by atoms with Gasteiger partial charge in [0.05, 0.1) is 25.3 Å². The lowest BCUT2D eigenvalue weighted by molar-refractivity contribution is -0.140. The van der Waals surface area contributed by atoms with Gasteiger partial charge in [-0.2, -0.15) is 0 Å². The summed E-state index contributed by atoms with van der Waals surface area (Å²) < 4.78 is 10.9. The van der Waals surface area contributed by atoms with E-state index < -0.39 is 17.7 Å². The van der Waals surface area contributed by atoms with Gasteiger partial charge in [-0.05, 0) is 62.5 Å². The number of methoxy groups -OCH3 is 1. The number of amides is 1. The maximum atomic E-state index is 13.0. The lowest BCUT2D eigenvalue weighted by Crippen LogP contribution is -2.35. The van der Waals surface area contributed by atoms with Crippen molar-refractivity contribution >= 4 is 17.4 Å². The fourth-order valence-corrected chi connectivity index (χ4v) is 3.66. The third-order valence-electron chi connectivity index (χ3n) is 5.34. The molecule has 0 aromatic heterocycles. The van der Waals surface area contributed by atoms with Gasteiger partial charge >= 0.3 is 0 Å². The Morgan fingerprint density at radius 3 is 2.44 bits per heavy atom. The Hall–Kier alpha value is -3.32. The van der Waals surface area contributed by atoms with Crippen molar-refractivity contribution in [2.75, 3.05) is 40.9 Å². The van der Waals surface area contributed by atoms with Crippen LogP contribution in [0.2, 0.25) is 0 Å². The molecule has 170 valence electrons. The van der Waals surface area contributed by atoms with Crippen LogP contribution in [0.4, 0.5) is 0 Å². The van der Waals surface area contributed by atoms with Crippen LogP contribution in [0, 0.1) is 0 Å². The molecule has 1 aliphatic rings. The number of ketones is 1. The number of Topliss-reactive ketones (excluding diaryl/α,β-unsaturated/α-hetero) is 1. The molecule has 1 unspecified atom stereocenters. The summed E-state index contributed by atoms with van der Waals surface area (Å²) in [4.78, 5) is 29.4. The molecule has 1 heterocycles. The first kappa shape index (κ1) is 23.3. The van der Waals surface area contributed by atoms with E-state index >= 15 is 0 Å². The van der Waals surface area contributed by atoms with Crippen LogP contribution in [0.3, 0.4) is 0 Å². The number of carbonyl (C=O) groups is 2. The molecule has 1 atom stereocenters. The molecule has 1 saturated heterocycles. The number of aliphatic hydroxyl groups excluding tert-OH is 1. The van der Waals surface area contributed by atoms with E-state index in [-0.39, 0.29) is 11.3 Å². The van der Waals surface area contributed by atoms with Crippen LogP contribution in [0.1, 0.15) is 30.5 Å². The number of likely N-dealkylation sites (tertiary alicyclic amines) is 1. The van der Waals surface area contributed by atoms with Crippen molar-refractivity contribution in [3.8, 4) is 11.5 Å². The number of aliphatic hydroxyl groups is 1. The summed E-state index contributed by atoms with van der Waals surface area (Å²) >= 11 is 0. The molecule has 2 aromatic rings. The monoisotopic (exact) mass is 438 g/mol. The Labute approximate surface area is 188 Å². The molecule has 0 spiro atoms. The summed E-state index contributed by atoms with van der Waals surface area (Å²) in [6.07, 6.45) is 0.888. The van der Waals surface area contributed by atoms with E-state index in [0.717, 1.165) is 6.42 Å². The Kier molecular flexibility index (Phi) is 7.53. The van der Waals surface area contributed by atoms with Gasteiger partial charge in [-0.25, -0.2) is 0 Å². The highest BCUT2D eigenvalue weighted by Crippen LogP contribution is 2.40. The smallest absolute Gasteiger partial charge is 0.295 e. The fourth-order valence-electron chi connectivity index (χ4n) is 3.66. The van der Waals surface area contributed by atoms with Crippen molar-refractivity contribution in [2.24, 2.45) is 0 Å². The van der Waals surface area contributed by atoms with Crippen molar-refractivity contribution in [3.63, 3.8) is 0 Å². The molecule has 2 aromatic carbocycles. The molecule has 32 heavy (non-hydrogen) atoms. The number of hydrogen-bond acceptors (Lipinski definition) is 6. The van der Waals surface area contributed by atoms with E-state index in [4.69, 9.17) is 9.47 Å². The molecule has 0 bridgehead atoms. The Balaban J connectivity index is 2.07. The molecule has 1 aliphatic heterocycles. The predicted molar refractivity (Wildman–Crippen MR) is 123 cm³/mol. The van der Waals surface area contributed by atoms with Crippen LogP contribution in [-0.2, 0) is 9.59 Å². The maximum absolute atomic E-state index is 13.0. The second-order valence-corrected chi connectivity index (χ2v) is 7.95.